The molecular formula is C17H26N2O2. The minimum absolute atomic E-state index is 0.0666. The Morgan fingerprint density at radius 3 is 2.71 bits per heavy atom. The Bertz CT molecular complexity index is 442. The molecule has 1 aromatic carbocycles. The second kappa shape index (κ2) is 8.67. The van der Waals surface area contributed by atoms with Crippen LogP contribution in [0.1, 0.15) is 37.7 Å². The van der Waals surface area contributed by atoms with Crippen molar-refractivity contribution in [3.8, 4) is 5.75 Å². The Kier molecular flexibility index (Phi) is 6.54. The monoisotopic (exact) mass is 290 g/mol. The third-order valence-electron chi connectivity index (χ3n) is 4.03. The zero-order valence-electron chi connectivity index (χ0n) is 12.7. The Morgan fingerprint density at radius 2 is 1.95 bits per heavy atom. The van der Waals surface area contributed by atoms with Gasteiger partial charge in [0.15, 0.2) is 0 Å². The highest BCUT2D eigenvalue weighted by atomic mass is 16.3. The number of carbonyl (C=O) groups is 1. The number of benzene rings is 1. The van der Waals surface area contributed by atoms with Crippen LogP contribution in [0.2, 0.25) is 0 Å². The smallest absolute Gasteiger partial charge is 0.220 e. The Hall–Kier alpha value is -1.55. The number of rotatable bonds is 7. The molecule has 4 nitrogen and oxygen atoms in total. The summed E-state index contributed by atoms with van der Waals surface area (Å²) in [6.07, 6.45) is 6.02. The molecule has 0 spiro atoms. The first-order chi connectivity index (χ1) is 10.3. The van der Waals surface area contributed by atoms with E-state index in [1.807, 2.05) is 12.1 Å². The second-order valence-corrected chi connectivity index (χ2v) is 5.73. The first-order valence-electron chi connectivity index (χ1n) is 8.01. The number of nitrogens with one attached hydrogen (secondary N) is 1. The molecular weight excluding hydrogens is 264 g/mol. The topological polar surface area (TPSA) is 52.6 Å². The van der Waals surface area contributed by atoms with Crippen LogP contribution in [0.3, 0.4) is 0 Å². The van der Waals surface area contributed by atoms with Gasteiger partial charge in [-0.1, -0.05) is 24.6 Å². The van der Waals surface area contributed by atoms with E-state index >= 15 is 0 Å². The van der Waals surface area contributed by atoms with E-state index < -0.39 is 0 Å². The lowest BCUT2D eigenvalue weighted by Gasteiger charge is -2.26. The molecule has 0 atom stereocenters. The summed E-state index contributed by atoms with van der Waals surface area (Å²) >= 11 is 0. The number of aryl methyl sites for hydroxylation is 1. The fourth-order valence-corrected chi connectivity index (χ4v) is 2.77. The second-order valence-electron chi connectivity index (χ2n) is 5.73. The molecule has 116 valence electrons. The van der Waals surface area contributed by atoms with Crippen LogP contribution < -0.4 is 5.32 Å². The van der Waals surface area contributed by atoms with Crippen LogP contribution in [-0.2, 0) is 11.2 Å². The zero-order valence-corrected chi connectivity index (χ0v) is 12.7. The van der Waals surface area contributed by atoms with Gasteiger partial charge in [-0.3, -0.25) is 4.79 Å². The first-order valence-corrected chi connectivity index (χ1v) is 8.01. The Labute approximate surface area is 127 Å². The quantitative estimate of drug-likeness (QED) is 0.758. The third-order valence-corrected chi connectivity index (χ3v) is 4.03. The van der Waals surface area contributed by atoms with Gasteiger partial charge in [-0.25, -0.2) is 0 Å². The van der Waals surface area contributed by atoms with Gasteiger partial charge in [-0.15, -0.1) is 0 Å². The number of phenolic OH excluding ortho intramolecular Hbond substituents is 1. The predicted molar refractivity (Wildman–Crippen MR) is 84.3 cm³/mol. The van der Waals surface area contributed by atoms with Crippen molar-refractivity contribution in [3.63, 3.8) is 0 Å². The maximum Gasteiger partial charge on any atom is 0.220 e. The van der Waals surface area contributed by atoms with Gasteiger partial charge in [0, 0.05) is 13.0 Å². The third kappa shape index (κ3) is 5.76. The van der Waals surface area contributed by atoms with E-state index in [9.17, 15) is 9.90 Å². The summed E-state index contributed by atoms with van der Waals surface area (Å²) in [5.74, 6) is 0.340. The molecule has 0 bridgehead atoms. The highest BCUT2D eigenvalue weighted by Crippen LogP contribution is 2.17. The van der Waals surface area contributed by atoms with Crippen LogP contribution in [0.4, 0.5) is 0 Å². The number of phenols is 1. The molecule has 21 heavy (non-hydrogen) atoms. The van der Waals surface area contributed by atoms with E-state index in [-0.39, 0.29) is 11.7 Å². The van der Waals surface area contributed by atoms with Gasteiger partial charge in [0.2, 0.25) is 5.91 Å². The van der Waals surface area contributed by atoms with Crippen LogP contribution in [0, 0.1) is 0 Å². The lowest BCUT2D eigenvalue weighted by atomic mass is 10.1. The Balaban J connectivity index is 1.56. The molecule has 0 aliphatic carbocycles. The number of aromatic hydroxyl groups is 1. The normalized spacial score (nSPS) is 15.8. The number of carbonyl (C=O) groups excluding carboxylic acids is 1. The number of para-hydroxylation sites is 1. The molecule has 1 amide bonds. The van der Waals surface area contributed by atoms with Crippen molar-refractivity contribution in [1.29, 1.82) is 0 Å². The molecule has 0 aromatic heterocycles. The van der Waals surface area contributed by atoms with Gasteiger partial charge >= 0.3 is 0 Å². The molecule has 1 heterocycles. The van der Waals surface area contributed by atoms with E-state index in [1.165, 1.54) is 32.4 Å². The molecule has 0 saturated carbocycles. The average molecular weight is 290 g/mol. The average Bonchev–Trinajstić information content (AvgIpc) is 2.52. The van der Waals surface area contributed by atoms with Gasteiger partial charge in [0.1, 0.15) is 5.75 Å². The van der Waals surface area contributed by atoms with Crippen molar-refractivity contribution in [1.82, 2.24) is 10.2 Å². The summed E-state index contributed by atoms with van der Waals surface area (Å²) in [5.41, 5.74) is 0.834. The van der Waals surface area contributed by atoms with Crippen LogP contribution in [0.15, 0.2) is 24.3 Å². The standard InChI is InChI=1S/C17H26N2O2/c20-16-8-3-2-7-15(16)9-10-17(21)18-11-6-14-19-12-4-1-5-13-19/h2-3,7-8,20H,1,4-6,9-14H2,(H,18,21). The summed E-state index contributed by atoms with van der Waals surface area (Å²) in [6.45, 7) is 4.25. The van der Waals surface area contributed by atoms with Crippen molar-refractivity contribution >= 4 is 5.91 Å². The molecule has 1 aliphatic heterocycles. The maximum absolute atomic E-state index is 11.8. The highest BCUT2D eigenvalue weighted by Gasteiger charge is 2.09. The van der Waals surface area contributed by atoms with E-state index in [4.69, 9.17) is 0 Å². The van der Waals surface area contributed by atoms with Gasteiger partial charge in [0.05, 0.1) is 0 Å². The molecule has 1 saturated heterocycles. The number of likely N-dealkylation sites (tertiary alicyclic amines) is 1. The van der Waals surface area contributed by atoms with Crippen LogP contribution in [-0.4, -0.2) is 42.1 Å². The summed E-state index contributed by atoms with van der Waals surface area (Å²) in [6, 6.07) is 7.19. The Morgan fingerprint density at radius 1 is 1.19 bits per heavy atom. The van der Waals surface area contributed by atoms with Crippen LogP contribution in [0.25, 0.3) is 0 Å². The van der Waals surface area contributed by atoms with Crippen molar-refractivity contribution in [2.45, 2.75) is 38.5 Å². The number of hydrogen-bond donors (Lipinski definition) is 2. The molecule has 2 rings (SSSR count). The van der Waals surface area contributed by atoms with E-state index in [0.29, 0.717) is 12.8 Å². The highest BCUT2D eigenvalue weighted by molar-refractivity contribution is 5.76. The molecule has 0 radical (unpaired) electrons. The summed E-state index contributed by atoms with van der Waals surface area (Å²) in [5, 5.41) is 12.6. The first kappa shape index (κ1) is 15.8. The van der Waals surface area contributed by atoms with Crippen LogP contribution >= 0.6 is 0 Å². The summed E-state index contributed by atoms with van der Waals surface area (Å²) in [7, 11) is 0. The lowest BCUT2D eigenvalue weighted by molar-refractivity contribution is -0.121. The SMILES string of the molecule is O=C(CCc1ccccc1O)NCCCN1CCCCC1. The molecule has 2 N–H and O–H groups in total. The van der Waals surface area contributed by atoms with E-state index in [1.54, 1.807) is 12.1 Å². The maximum atomic E-state index is 11.8. The number of amides is 1. The molecule has 1 aliphatic rings. The van der Waals surface area contributed by atoms with Gasteiger partial charge in [0.25, 0.3) is 0 Å². The fourth-order valence-electron chi connectivity index (χ4n) is 2.77. The zero-order chi connectivity index (χ0) is 14.9. The minimum Gasteiger partial charge on any atom is -0.508 e. The predicted octanol–water partition coefficient (Wildman–Crippen LogP) is 2.32. The molecule has 4 heteroatoms. The summed E-state index contributed by atoms with van der Waals surface area (Å²) in [4.78, 5) is 14.3. The largest absolute Gasteiger partial charge is 0.508 e. The van der Waals surface area contributed by atoms with E-state index in [0.717, 1.165) is 25.1 Å². The van der Waals surface area contributed by atoms with Crippen molar-refractivity contribution < 1.29 is 9.90 Å². The fraction of sp³-hybridized carbons (Fsp3) is 0.588. The van der Waals surface area contributed by atoms with Gasteiger partial charge in [-0.2, -0.15) is 0 Å². The lowest BCUT2D eigenvalue weighted by Crippen LogP contribution is -2.33. The van der Waals surface area contributed by atoms with Gasteiger partial charge < -0.3 is 15.3 Å². The number of piperidine rings is 1. The van der Waals surface area contributed by atoms with Crippen molar-refractivity contribution in [2.24, 2.45) is 0 Å². The number of nitrogens with zero attached hydrogens (tertiary/aromatic N) is 1. The molecule has 1 fully saturated rings. The van der Waals surface area contributed by atoms with Gasteiger partial charge in [-0.05, 0) is 56.9 Å². The van der Waals surface area contributed by atoms with E-state index in [2.05, 4.69) is 10.2 Å². The minimum atomic E-state index is 0.0666. The van der Waals surface area contributed by atoms with Crippen molar-refractivity contribution in [2.75, 3.05) is 26.2 Å². The summed E-state index contributed by atoms with van der Waals surface area (Å²) < 4.78 is 0. The van der Waals surface area contributed by atoms with Crippen LogP contribution in [0.5, 0.6) is 5.75 Å². The van der Waals surface area contributed by atoms with Crippen molar-refractivity contribution in [3.05, 3.63) is 29.8 Å². The molecule has 0 unspecified atom stereocenters. The number of hydrogen-bond acceptors (Lipinski definition) is 3. The molecule has 1 aromatic rings.